The van der Waals surface area contributed by atoms with Crippen molar-refractivity contribution in [1.29, 1.82) is 0 Å². The van der Waals surface area contributed by atoms with Gasteiger partial charge in [0.25, 0.3) is 0 Å². The summed E-state index contributed by atoms with van der Waals surface area (Å²) in [4.78, 5) is 29.3. The molecule has 2 aromatic rings. The van der Waals surface area contributed by atoms with E-state index >= 15 is 0 Å². The van der Waals surface area contributed by atoms with Crippen LogP contribution in [0.3, 0.4) is 0 Å². The Hall–Kier alpha value is -2.74. The van der Waals surface area contributed by atoms with Crippen LogP contribution in [-0.4, -0.2) is 54.6 Å². The Morgan fingerprint density at radius 2 is 1.96 bits per heavy atom. The van der Waals surface area contributed by atoms with Crippen LogP contribution in [0.5, 0.6) is 11.5 Å². The number of aryl methyl sites for hydroxylation is 2. The minimum atomic E-state index is 0.0343. The summed E-state index contributed by atoms with van der Waals surface area (Å²) in [7, 11) is 3.20. The summed E-state index contributed by atoms with van der Waals surface area (Å²) >= 11 is 1.43. The Bertz CT molecular complexity index is 993. The molecule has 3 heterocycles. The molecule has 0 spiro atoms. The average Bonchev–Trinajstić information content (AvgIpc) is 3.27. The van der Waals surface area contributed by atoms with Gasteiger partial charge in [-0.3, -0.25) is 9.79 Å². The molecule has 1 aromatic carbocycles. The quantitative estimate of drug-likeness (QED) is 0.740. The van der Waals surface area contributed by atoms with Crippen LogP contribution in [0.4, 0.5) is 5.69 Å². The second-order valence-corrected chi connectivity index (χ2v) is 7.56. The summed E-state index contributed by atoms with van der Waals surface area (Å²) in [5.41, 5.74) is 2.41. The van der Waals surface area contributed by atoms with Crippen LogP contribution < -0.4 is 9.47 Å². The van der Waals surface area contributed by atoms with Gasteiger partial charge in [0.2, 0.25) is 0 Å². The van der Waals surface area contributed by atoms with Gasteiger partial charge in [-0.1, -0.05) is 0 Å². The average molecular weight is 384 g/mol. The predicted molar refractivity (Wildman–Crippen MR) is 105 cm³/mol. The Morgan fingerprint density at radius 1 is 1.22 bits per heavy atom. The molecular formula is C19H20N4O3S. The highest BCUT2D eigenvalue weighted by molar-refractivity contribution is 7.13. The third kappa shape index (κ3) is 2.99. The second kappa shape index (κ2) is 6.77. The minimum absolute atomic E-state index is 0.0343. The van der Waals surface area contributed by atoms with E-state index in [1.165, 1.54) is 11.3 Å². The molecule has 0 bridgehead atoms. The molecule has 8 heteroatoms. The van der Waals surface area contributed by atoms with Gasteiger partial charge in [-0.15, -0.1) is 11.3 Å². The van der Waals surface area contributed by atoms with Crippen LogP contribution in [0.2, 0.25) is 0 Å². The van der Waals surface area contributed by atoms with E-state index in [9.17, 15) is 4.79 Å². The van der Waals surface area contributed by atoms with E-state index < -0.39 is 0 Å². The number of hydrogen-bond acceptors (Lipinski definition) is 8. The number of nitrogens with zero attached hydrogens (tertiary/aromatic N) is 4. The lowest BCUT2D eigenvalue weighted by molar-refractivity contribution is 0.100. The smallest absolute Gasteiger partial charge is 0.182 e. The van der Waals surface area contributed by atoms with E-state index in [-0.39, 0.29) is 12.2 Å². The third-order valence-corrected chi connectivity index (χ3v) is 5.73. The number of Topliss-reactive ketones (excluding diaryl/α,β-unsaturated/α-hetero) is 1. The number of amidine groups is 2. The number of ether oxygens (including phenoxy) is 2. The van der Waals surface area contributed by atoms with E-state index in [4.69, 9.17) is 14.5 Å². The number of hydrogen-bond donors (Lipinski definition) is 0. The summed E-state index contributed by atoms with van der Waals surface area (Å²) < 4.78 is 10.8. The number of carbonyl (C=O) groups excluding carboxylic acids is 1. The van der Waals surface area contributed by atoms with Crippen molar-refractivity contribution in [3.63, 3.8) is 0 Å². The van der Waals surface area contributed by atoms with E-state index in [2.05, 4.69) is 9.98 Å². The highest BCUT2D eigenvalue weighted by Gasteiger charge is 2.32. The van der Waals surface area contributed by atoms with Gasteiger partial charge in [0.1, 0.15) is 11.7 Å². The fraction of sp³-hybridized carbons (Fsp3) is 0.368. The number of aromatic nitrogens is 1. The number of rotatable bonds is 5. The highest BCUT2D eigenvalue weighted by Crippen LogP contribution is 2.39. The van der Waals surface area contributed by atoms with Gasteiger partial charge in [0.15, 0.2) is 17.3 Å². The van der Waals surface area contributed by atoms with Crippen molar-refractivity contribution in [2.45, 2.75) is 20.3 Å². The molecule has 27 heavy (non-hydrogen) atoms. The fourth-order valence-electron chi connectivity index (χ4n) is 3.42. The normalized spacial score (nSPS) is 15.0. The summed E-state index contributed by atoms with van der Waals surface area (Å²) in [5, 5.41) is 0.895. The monoisotopic (exact) mass is 384 g/mol. The Kier molecular flexibility index (Phi) is 4.43. The van der Waals surface area contributed by atoms with Gasteiger partial charge in [-0.05, 0) is 19.9 Å². The van der Waals surface area contributed by atoms with Crippen LogP contribution >= 0.6 is 11.3 Å². The number of benzene rings is 1. The molecule has 0 amide bonds. The maximum Gasteiger partial charge on any atom is 0.182 e. The molecule has 0 radical (unpaired) electrons. The van der Waals surface area contributed by atoms with Gasteiger partial charge in [0, 0.05) is 18.2 Å². The number of carbonyl (C=O) groups is 1. The van der Waals surface area contributed by atoms with E-state index in [0.29, 0.717) is 28.8 Å². The molecule has 0 saturated heterocycles. The molecule has 140 valence electrons. The zero-order valence-electron chi connectivity index (χ0n) is 15.7. The summed E-state index contributed by atoms with van der Waals surface area (Å²) in [6.45, 7) is 5.17. The first kappa shape index (κ1) is 17.7. The number of ketones is 1. The summed E-state index contributed by atoms with van der Waals surface area (Å²) in [6.07, 6.45) is 0.218. The molecule has 0 saturated carbocycles. The van der Waals surface area contributed by atoms with Crippen molar-refractivity contribution in [2.24, 2.45) is 9.98 Å². The molecule has 1 aromatic heterocycles. The van der Waals surface area contributed by atoms with Crippen molar-refractivity contribution < 1.29 is 14.3 Å². The first-order valence-electron chi connectivity index (χ1n) is 8.65. The van der Waals surface area contributed by atoms with Gasteiger partial charge in [-0.2, -0.15) is 0 Å². The van der Waals surface area contributed by atoms with Crippen molar-refractivity contribution in [1.82, 2.24) is 9.88 Å². The third-order valence-electron chi connectivity index (χ3n) is 4.62. The number of fused-ring (bicyclic) bond motifs is 3. The Labute approximate surface area is 161 Å². The van der Waals surface area contributed by atoms with Crippen LogP contribution in [0.1, 0.15) is 32.4 Å². The van der Waals surface area contributed by atoms with Crippen molar-refractivity contribution >= 4 is 34.5 Å². The number of aliphatic imine (C=N–C) groups is 2. The molecule has 0 N–H and O–H groups in total. The van der Waals surface area contributed by atoms with Crippen molar-refractivity contribution in [3.05, 3.63) is 33.3 Å². The standard InChI is InChI=1S/C19H20N4O3S/c1-10-18(27-11(2)21-10)14(24)9-17-22-13-8-16(26-4)15(25-3)7-12(13)19-20-5-6-23(17)19/h7-8H,5-6,9H2,1-4H3. The Morgan fingerprint density at radius 3 is 2.63 bits per heavy atom. The minimum Gasteiger partial charge on any atom is -0.493 e. The maximum atomic E-state index is 12.8. The molecule has 0 atom stereocenters. The SMILES string of the molecule is COc1cc2c(cc1OC)C1=NCCN1C(CC(=O)c1sc(C)nc1C)=N2. The van der Waals surface area contributed by atoms with E-state index in [1.807, 2.05) is 30.9 Å². The molecular weight excluding hydrogens is 364 g/mol. The molecule has 2 aliphatic rings. The lowest BCUT2D eigenvalue weighted by Gasteiger charge is -2.28. The molecule has 4 rings (SSSR count). The molecule has 0 unspecified atom stereocenters. The lowest BCUT2D eigenvalue weighted by Crippen LogP contribution is -2.38. The maximum absolute atomic E-state index is 12.8. The van der Waals surface area contributed by atoms with Crippen molar-refractivity contribution in [3.8, 4) is 11.5 Å². The van der Waals surface area contributed by atoms with Gasteiger partial charge < -0.3 is 14.4 Å². The van der Waals surface area contributed by atoms with Crippen LogP contribution in [-0.2, 0) is 0 Å². The zero-order chi connectivity index (χ0) is 19.1. The first-order valence-corrected chi connectivity index (χ1v) is 9.46. The summed E-state index contributed by atoms with van der Waals surface area (Å²) in [6, 6.07) is 3.73. The van der Waals surface area contributed by atoms with Crippen LogP contribution in [0.25, 0.3) is 0 Å². The molecule has 0 fully saturated rings. The lowest BCUT2D eigenvalue weighted by atomic mass is 10.1. The highest BCUT2D eigenvalue weighted by atomic mass is 32.1. The van der Waals surface area contributed by atoms with Gasteiger partial charge >= 0.3 is 0 Å². The van der Waals surface area contributed by atoms with Crippen LogP contribution in [0.15, 0.2) is 22.1 Å². The predicted octanol–water partition coefficient (Wildman–Crippen LogP) is 3.16. The topological polar surface area (TPSA) is 76.4 Å². The van der Waals surface area contributed by atoms with Gasteiger partial charge in [0.05, 0.1) is 48.5 Å². The van der Waals surface area contributed by atoms with Gasteiger partial charge in [-0.25, -0.2) is 9.98 Å². The summed E-state index contributed by atoms with van der Waals surface area (Å²) in [5.74, 6) is 2.82. The Balaban J connectivity index is 1.74. The molecule has 0 aliphatic carbocycles. The number of thiazole rings is 1. The van der Waals surface area contributed by atoms with Crippen LogP contribution in [0, 0.1) is 13.8 Å². The zero-order valence-corrected chi connectivity index (χ0v) is 16.5. The molecule has 7 nitrogen and oxygen atoms in total. The van der Waals surface area contributed by atoms with E-state index in [1.54, 1.807) is 14.2 Å². The van der Waals surface area contributed by atoms with E-state index in [0.717, 1.165) is 34.3 Å². The molecule has 2 aliphatic heterocycles. The van der Waals surface area contributed by atoms with Crippen molar-refractivity contribution in [2.75, 3.05) is 27.3 Å². The number of methoxy groups -OCH3 is 2. The fourth-order valence-corrected chi connectivity index (χ4v) is 4.27. The largest absolute Gasteiger partial charge is 0.493 e. The first-order chi connectivity index (χ1) is 13.0. The second-order valence-electron chi connectivity index (χ2n) is 6.36.